The Balaban J connectivity index is 1.44. The molecule has 1 saturated carbocycles. The molecule has 2 fully saturated rings. The van der Waals surface area contributed by atoms with Crippen LogP contribution >= 0.6 is 0 Å². The number of carbonyl (C=O) groups is 1. The molecular formula is C18H22N2O4. The second-order valence-corrected chi connectivity index (χ2v) is 6.74. The molecule has 1 aromatic heterocycles. The van der Waals surface area contributed by atoms with E-state index in [0.717, 1.165) is 44.5 Å². The zero-order valence-electron chi connectivity index (χ0n) is 13.6. The maximum Gasteiger partial charge on any atom is 0.419 e. The number of ether oxygens (including phenoxy) is 1. The maximum atomic E-state index is 12.7. The summed E-state index contributed by atoms with van der Waals surface area (Å²) in [7, 11) is 0. The Bertz CT molecular complexity index is 784. The predicted molar refractivity (Wildman–Crippen MR) is 88.8 cm³/mol. The average Bonchev–Trinajstić information content (AvgIpc) is 3.19. The molecule has 1 aliphatic carbocycles. The van der Waals surface area contributed by atoms with E-state index in [9.17, 15) is 9.59 Å². The standard InChI is InChI=1S/C18H22N2O4/c21-17(20(14-5-6-14)11-13-8-10-23-12-13)7-9-19-15-3-1-2-4-16(15)24-18(19)22/h1-4,13-14H,5-12H2/t13-/m0/s1. The van der Waals surface area contributed by atoms with Crippen LogP contribution in [0, 0.1) is 5.92 Å². The number of hydrogen-bond donors (Lipinski definition) is 0. The molecule has 1 amide bonds. The van der Waals surface area contributed by atoms with E-state index < -0.39 is 5.76 Å². The maximum absolute atomic E-state index is 12.7. The molecule has 6 heteroatoms. The largest absolute Gasteiger partial charge is 0.419 e. The number of amides is 1. The first-order chi connectivity index (χ1) is 11.7. The van der Waals surface area contributed by atoms with E-state index in [1.165, 1.54) is 0 Å². The molecule has 1 aliphatic heterocycles. The Kier molecular flexibility index (Phi) is 4.14. The Morgan fingerprint density at radius 3 is 2.83 bits per heavy atom. The molecule has 0 N–H and O–H groups in total. The minimum Gasteiger partial charge on any atom is -0.408 e. The van der Waals surface area contributed by atoms with Crippen LogP contribution in [-0.4, -0.2) is 41.2 Å². The van der Waals surface area contributed by atoms with Crippen molar-refractivity contribution < 1.29 is 13.9 Å². The van der Waals surface area contributed by atoms with Crippen molar-refractivity contribution in [3.05, 3.63) is 34.8 Å². The van der Waals surface area contributed by atoms with Crippen LogP contribution in [-0.2, 0) is 16.1 Å². The average molecular weight is 330 g/mol. The molecule has 0 unspecified atom stereocenters. The molecule has 2 aromatic rings. The third-order valence-electron chi connectivity index (χ3n) is 4.91. The van der Waals surface area contributed by atoms with Gasteiger partial charge in [-0.2, -0.15) is 0 Å². The quantitative estimate of drug-likeness (QED) is 0.813. The molecule has 6 nitrogen and oxygen atoms in total. The predicted octanol–water partition coefficient (Wildman–Crippen LogP) is 2.01. The number of fused-ring (bicyclic) bond motifs is 1. The summed E-state index contributed by atoms with van der Waals surface area (Å²) in [6.07, 6.45) is 3.54. The number of hydrogen-bond acceptors (Lipinski definition) is 4. The summed E-state index contributed by atoms with van der Waals surface area (Å²) in [4.78, 5) is 26.7. The molecule has 128 valence electrons. The molecule has 4 rings (SSSR count). The van der Waals surface area contributed by atoms with Crippen molar-refractivity contribution in [1.29, 1.82) is 0 Å². The van der Waals surface area contributed by atoms with Gasteiger partial charge < -0.3 is 14.1 Å². The van der Waals surface area contributed by atoms with E-state index in [0.29, 0.717) is 30.5 Å². The van der Waals surface area contributed by atoms with Gasteiger partial charge in [0, 0.05) is 38.1 Å². The van der Waals surface area contributed by atoms with Gasteiger partial charge in [-0.05, 0) is 31.4 Å². The zero-order valence-corrected chi connectivity index (χ0v) is 13.6. The van der Waals surface area contributed by atoms with Crippen molar-refractivity contribution in [1.82, 2.24) is 9.47 Å². The van der Waals surface area contributed by atoms with E-state index >= 15 is 0 Å². The Morgan fingerprint density at radius 1 is 1.25 bits per heavy atom. The van der Waals surface area contributed by atoms with Crippen LogP contribution < -0.4 is 5.76 Å². The Morgan fingerprint density at radius 2 is 2.08 bits per heavy atom. The van der Waals surface area contributed by atoms with Gasteiger partial charge >= 0.3 is 5.76 Å². The third-order valence-corrected chi connectivity index (χ3v) is 4.91. The highest BCUT2D eigenvalue weighted by Gasteiger charge is 2.34. The Hall–Kier alpha value is -2.08. The smallest absolute Gasteiger partial charge is 0.408 e. The number of para-hydroxylation sites is 2. The lowest BCUT2D eigenvalue weighted by molar-refractivity contribution is -0.132. The van der Waals surface area contributed by atoms with Crippen LogP contribution in [0.1, 0.15) is 25.7 Å². The van der Waals surface area contributed by atoms with Gasteiger partial charge in [-0.15, -0.1) is 0 Å². The van der Waals surface area contributed by atoms with Crippen LogP contribution in [0.15, 0.2) is 33.5 Å². The lowest BCUT2D eigenvalue weighted by Gasteiger charge is -2.25. The van der Waals surface area contributed by atoms with Gasteiger partial charge in [-0.1, -0.05) is 12.1 Å². The fourth-order valence-electron chi connectivity index (χ4n) is 3.42. The minimum atomic E-state index is -0.397. The highest BCUT2D eigenvalue weighted by molar-refractivity contribution is 5.77. The fraction of sp³-hybridized carbons (Fsp3) is 0.556. The van der Waals surface area contributed by atoms with Crippen molar-refractivity contribution in [2.45, 2.75) is 38.3 Å². The summed E-state index contributed by atoms with van der Waals surface area (Å²) in [6, 6.07) is 7.70. The SMILES string of the molecule is O=C(CCn1c(=O)oc2ccccc21)N(C[C@@H]1CCOC1)C1CC1. The molecule has 24 heavy (non-hydrogen) atoms. The lowest BCUT2D eigenvalue weighted by atomic mass is 10.1. The number of nitrogens with zero attached hydrogens (tertiary/aromatic N) is 2. The van der Waals surface area contributed by atoms with Crippen molar-refractivity contribution in [3.8, 4) is 0 Å². The third kappa shape index (κ3) is 3.11. The summed E-state index contributed by atoms with van der Waals surface area (Å²) in [5.74, 6) is 0.180. The van der Waals surface area contributed by atoms with E-state index in [-0.39, 0.29) is 5.91 Å². The zero-order chi connectivity index (χ0) is 16.5. The first kappa shape index (κ1) is 15.4. The lowest BCUT2D eigenvalue weighted by Crippen LogP contribution is -2.38. The minimum absolute atomic E-state index is 0.126. The van der Waals surface area contributed by atoms with Gasteiger partial charge in [0.1, 0.15) is 0 Å². The molecule has 2 heterocycles. The monoisotopic (exact) mass is 330 g/mol. The molecule has 1 aromatic carbocycles. The topological polar surface area (TPSA) is 64.7 Å². The van der Waals surface area contributed by atoms with Gasteiger partial charge in [0.2, 0.25) is 5.91 Å². The van der Waals surface area contributed by atoms with E-state index in [1.54, 1.807) is 10.6 Å². The Labute approximate surface area is 140 Å². The number of aromatic nitrogens is 1. The fourth-order valence-corrected chi connectivity index (χ4v) is 3.42. The number of rotatable bonds is 6. The number of oxazole rings is 1. The molecule has 2 aliphatic rings. The van der Waals surface area contributed by atoms with Crippen molar-refractivity contribution in [2.24, 2.45) is 5.92 Å². The molecule has 0 bridgehead atoms. The van der Waals surface area contributed by atoms with Crippen LogP contribution in [0.25, 0.3) is 11.1 Å². The second-order valence-electron chi connectivity index (χ2n) is 6.74. The second kappa shape index (κ2) is 6.43. The number of carbonyl (C=O) groups excluding carboxylic acids is 1. The van der Waals surface area contributed by atoms with Crippen LogP contribution in [0.2, 0.25) is 0 Å². The van der Waals surface area contributed by atoms with Gasteiger partial charge in [-0.3, -0.25) is 9.36 Å². The number of aryl methyl sites for hydroxylation is 1. The van der Waals surface area contributed by atoms with Crippen LogP contribution in [0.5, 0.6) is 0 Å². The van der Waals surface area contributed by atoms with Gasteiger partial charge in [0.05, 0.1) is 12.1 Å². The number of benzene rings is 1. The first-order valence-electron chi connectivity index (χ1n) is 8.68. The van der Waals surface area contributed by atoms with Crippen molar-refractivity contribution >= 4 is 17.0 Å². The van der Waals surface area contributed by atoms with E-state index in [1.807, 2.05) is 23.1 Å². The van der Waals surface area contributed by atoms with Crippen molar-refractivity contribution in [2.75, 3.05) is 19.8 Å². The highest BCUT2D eigenvalue weighted by atomic mass is 16.5. The summed E-state index contributed by atoms with van der Waals surface area (Å²) < 4.78 is 12.2. The van der Waals surface area contributed by atoms with Gasteiger partial charge in [0.25, 0.3) is 0 Å². The molecular weight excluding hydrogens is 308 g/mol. The summed E-state index contributed by atoms with van der Waals surface area (Å²) in [5, 5.41) is 0. The van der Waals surface area contributed by atoms with Crippen LogP contribution in [0.3, 0.4) is 0 Å². The van der Waals surface area contributed by atoms with Gasteiger partial charge in [0.15, 0.2) is 5.58 Å². The summed E-state index contributed by atoms with van der Waals surface area (Å²) in [6.45, 7) is 2.69. The summed E-state index contributed by atoms with van der Waals surface area (Å²) >= 11 is 0. The first-order valence-corrected chi connectivity index (χ1v) is 8.68. The molecule has 1 atom stereocenters. The molecule has 0 spiro atoms. The molecule has 0 radical (unpaired) electrons. The van der Waals surface area contributed by atoms with Crippen molar-refractivity contribution in [3.63, 3.8) is 0 Å². The van der Waals surface area contributed by atoms with Crippen LogP contribution in [0.4, 0.5) is 0 Å². The molecule has 1 saturated heterocycles. The van der Waals surface area contributed by atoms with Gasteiger partial charge in [-0.25, -0.2) is 4.79 Å². The highest BCUT2D eigenvalue weighted by Crippen LogP contribution is 2.29. The normalized spacial score (nSPS) is 20.6. The van der Waals surface area contributed by atoms with E-state index in [4.69, 9.17) is 9.15 Å². The summed E-state index contributed by atoms with van der Waals surface area (Å²) in [5.41, 5.74) is 1.31. The van der Waals surface area contributed by atoms with E-state index in [2.05, 4.69) is 0 Å².